The molecule has 0 atom stereocenters. The van der Waals surface area contributed by atoms with E-state index in [1.165, 1.54) is 6.07 Å². The van der Waals surface area contributed by atoms with Crippen LogP contribution in [0.25, 0.3) is 0 Å². The van der Waals surface area contributed by atoms with E-state index in [0.717, 1.165) is 17.3 Å². The molecule has 2 aromatic carbocycles. The third-order valence-electron chi connectivity index (χ3n) is 4.04. The SMILES string of the molecule is Cc1cc([N+](=O)[O-])cnc1NC(=O)C(c1ccccc1)c1ccccc1. The fourth-order valence-corrected chi connectivity index (χ4v) is 2.77. The lowest BCUT2D eigenvalue weighted by molar-refractivity contribution is -0.385. The molecule has 1 heterocycles. The molecule has 6 nitrogen and oxygen atoms in total. The van der Waals surface area contributed by atoms with Crippen LogP contribution >= 0.6 is 0 Å². The van der Waals surface area contributed by atoms with Gasteiger partial charge in [0.2, 0.25) is 5.91 Å². The fraction of sp³-hybridized carbons (Fsp3) is 0.100. The smallest absolute Gasteiger partial charge is 0.287 e. The quantitative estimate of drug-likeness (QED) is 0.557. The van der Waals surface area contributed by atoms with Gasteiger partial charge < -0.3 is 5.32 Å². The summed E-state index contributed by atoms with van der Waals surface area (Å²) in [4.78, 5) is 27.4. The third-order valence-corrected chi connectivity index (χ3v) is 4.04. The minimum absolute atomic E-state index is 0.108. The van der Waals surface area contributed by atoms with Crippen molar-refractivity contribution in [3.05, 3.63) is 99.7 Å². The largest absolute Gasteiger partial charge is 0.310 e. The number of hydrogen-bond donors (Lipinski definition) is 1. The van der Waals surface area contributed by atoms with Gasteiger partial charge in [-0.05, 0) is 23.6 Å². The molecule has 0 saturated carbocycles. The normalized spacial score (nSPS) is 10.5. The Hall–Kier alpha value is -3.54. The van der Waals surface area contributed by atoms with Gasteiger partial charge in [0.1, 0.15) is 12.0 Å². The van der Waals surface area contributed by atoms with Gasteiger partial charge in [0.15, 0.2) is 0 Å². The summed E-state index contributed by atoms with van der Waals surface area (Å²) in [7, 11) is 0. The standard InChI is InChI=1S/C20H17N3O3/c1-14-12-17(23(25)26)13-21-19(14)22-20(24)18(15-8-4-2-5-9-15)16-10-6-3-7-11-16/h2-13,18H,1H3,(H,21,22,24). The van der Waals surface area contributed by atoms with E-state index in [-0.39, 0.29) is 11.6 Å². The van der Waals surface area contributed by atoms with E-state index in [1.807, 2.05) is 60.7 Å². The van der Waals surface area contributed by atoms with Crippen molar-refractivity contribution in [2.45, 2.75) is 12.8 Å². The summed E-state index contributed by atoms with van der Waals surface area (Å²) < 4.78 is 0. The van der Waals surface area contributed by atoms with Crippen LogP contribution in [0.3, 0.4) is 0 Å². The number of pyridine rings is 1. The number of aromatic nitrogens is 1. The molecule has 0 unspecified atom stereocenters. The van der Waals surface area contributed by atoms with E-state index in [9.17, 15) is 14.9 Å². The van der Waals surface area contributed by atoms with Crippen LogP contribution in [0.15, 0.2) is 72.9 Å². The first-order valence-electron chi connectivity index (χ1n) is 8.08. The molecular weight excluding hydrogens is 330 g/mol. The zero-order chi connectivity index (χ0) is 18.5. The predicted octanol–water partition coefficient (Wildman–Crippen LogP) is 4.07. The number of amides is 1. The van der Waals surface area contributed by atoms with Crippen molar-refractivity contribution < 1.29 is 9.72 Å². The van der Waals surface area contributed by atoms with Gasteiger partial charge in [0.25, 0.3) is 5.69 Å². The fourth-order valence-electron chi connectivity index (χ4n) is 2.77. The second kappa shape index (κ2) is 7.57. The summed E-state index contributed by atoms with van der Waals surface area (Å²) in [5.41, 5.74) is 2.14. The summed E-state index contributed by atoms with van der Waals surface area (Å²) in [6.45, 7) is 1.68. The average molecular weight is 347 g/mol. The van der Waals surface area contributed by atoms with Crippen LogP contribution in [0.2, 0.25) is 0 Å². The van der Waals surface area contributed by atoms with E-state index in [0.29, 0.717) is 11.4 Å². The number of aryl methyl sites for hydroxylation is 1. The Balaban J connectivity index is 1.93. The van der Waals surface area contributed by atoms with Crippen LogP contribution in [0.5, 0.6) is 0 Å². The van der Waals surface area contributed by atoms with Gasteiger partial charge in [-0.1, -0.05) is 60.7 Å². The number of anilines is 1. The van der Waals surface area contributed by atoms with E-state index in [4.69, 9.17) is 0 Å². The lowest BCUT2D eigenvalue weighted by Gasteiger charge is -2.18. The van der Waals surface area contributed by atoms with Gasteiger partial charge in [0, 0.05) is 6.07 Å². The van der Waals surface area contributed by atoms with Gasteiger partial charge in [-0.2, -0.15) is 0 Å². The predicted molar refractivity (Wildman–Crippen MR) is 99.0 cm³/mol. The van der Waals surface area contributed by atoms with Gasteiger partial charge in [-0.15, -0.1) is 0 Å². The summed E-state index contributed by atoms with van der Waals surface area (Å²) in [5, 5.41) is 13.6. The number of carbonyl (C=O) groups excluding carboxylic acids is 1. The number of nitro groups is 1. The highest BCUT2D eigenvalue weighted by Crippen LogP contribution is 2.27. The highest BCUT2D eigenvalue weighted by Gasteiger charge is 2.23. The van der Waals surface area contributed by atoms with Crippen LogP contribution in [-0.2, 0) is 4.79 Å². The Morgan fingerprint density at radius 2 is 1.58 bits per heavy atom. The molecule has 3 aromatic rings. The van der Waals surface area contributed by atoms with E-state index in [1.54, 1.807) is 6.92 Å². The zero-order valence-corrected chi connectivity index (χ0v) is 14.1. The van der Waals surface area contributed by atoms with E-state index in [2.05, 4.69) is 10.3 Å². The Morgan fingerprint density at radius 1 is 1.04 bits per heavy atom. The number of nitrogens with one attached hydrogen (secondary N) is 1. The van der Waals surface area contributed by atoms with Crippen molar-refractivity contribution in [3.8, 4) is 0 Å². The molecule has 0 aliphatic heterocycles. The highest BCUT2D eigenvalue weighted by atomic mass is 16.6. The van der Waals surface area contributed by atoms with Crippen LogP contribution in [0.4, 0.5) is 11.5 Å². The molecule has 0 radical (unpaired) electrons. The van der Waals surface area contributed by atoms with Crippen molar-refractivity contribution >= 4 is 17.4 Å². The van der Waals surface area contributed by atoms with Gasteiger partial charge in [0.05, 0.1) is 10.8 Å². The number of hydrogen-bond acceptors (Lipinski definition) is 4. The molecular formula is C20H17N3O3. The van der Waals surface area contributed by atoms with Crippen LogP contribution in [-0.4, -0.2) is 15.8 Å². The number of rotatable bonds is 5. The van der Waals surface area contributed by atoms with Gasteiger partial charge in [-0.25, -0.2) is 4.98 Å². The Bertz CT molecular complexity index is 888. The molecule has 1 amide bonds. The first-order valence-corrected chi connectivity index (χ1v) is 8.08. The summed E-state index contributed by atoms with van der Waals surface area (Å²) in [6.07, 6.45) is 1.14. The Labute approximate surface area is 150 Å². The Kier molecular flexibility index (Phi) is 5.03. The molecule has 0 saturated heterocycles. The lowest BCUT2D eigenvalue weighted by Crippen LogP contribution is -2.23. The molecule has 26 heavy (non-hydrogen) atoms. The molecule has 6 heteroatoms. The first kappa shape index (κ1) is 17.3. The van der Waals surface area contributed by atoms with Crippen molar-refractivity contribution in [2.75, 3.05) is 5.32 Å². The van der Waals surface area contributed by atoms with Gasteiger partial charge in [-0.3, -0.25) is 14.9 Å². The maximum absolute atomic E-state index is 13.0. The number of nitrogens with zero attached hydrogens (tertiary/aromatic N) is 2. The lowest BCUT2D eigenvalue weighted by atomic mass is 9.90. The highest BCUT2D eigenvalue weighted by molar-refractivity contribution is 5.98. The topological polar surface area (TPSA) is 85.1 Å². The summed E-state index contributed by atoms with van der Waals surface area (Å²) in [5.74, 6) is -0.432. The number of carbonyl (C=O) groups is 1. The first-order chi connectivity index (χ1) is 12.6. The second-order valence-electron chi connectivity index (χ2n) is 5.86. The van der Waals surface area contributed by atoms with Crippen LogP contribution in [0.1, 0.15) is 22.6 Å². The van der Waals surface area contributed by atoms with E-state index >= 15 is 0 Å². The van der Waals surface area contributed by atoms with Crippen LogP contribution in [0, 0.1) is 17.0 Å². The Morgan fingerprint density at radius 3 is 2.04 bits per heavy atom. The minimum atomic E-state index is -0.512. The monoisotopic (exact) mass is 347 g/mol. The molecule has 1 aromatic heterocycles. The van der Waals surface area contributed by atoms with Crippen molar-refractivity contribution in [2.24, 2.45) is 0 Å². The molecule has 0 bridgehead atoms. The van der Waals surface area contributed by atoms with Gasteiger partial charge >= 0.3 is 0 Å². The molecule has 3 rings (SSSR count). The third kappa shape index (κ3) is 3.75. The summed E-state index contributed by atoms with van der Waals surface area (Å²) in [6, 6.07) is 20.3. The maximum Gasteiger partial charge on any atom is 0.287 e. The van der Waals surface area contributed by atoms with Crippen molar-refractivity contribution in [1.29, 1.82) is 0 Å². The minimum Gasteiger partial charge on any atom is -0.310 e. The molecule has 130 valence electrons. The zero-order valence-electron chi connectivity index (χ0n) is 14.1. The molecule has 0 aliphatic carbocycles. The van der Waals surface area contributed by atoms with E-state index < -0.39 is 10.8 Å². The molecule has 0 aliphatic rings. The van der Waals surface area contributed by atoms with Crippen molar-refractivity contribution in [3.63, 3.8) is 0 Å². The van der Waals surface area contributed by atoms with Crippen molar-refractivity contribution in [1.82, 2.24) is 4.98 Å². The summed E-state index contributed by atoms with van der Waals surface area (Å²) >= 11 is 0. The second-order valence-corrected chi connectivity index (χ2v) is 5.86. The maximum atomic E-state index is 13.0. The molecule has 1 N–H and O–H groups in total. The molecule has 0 spiro atoms. The van der Waals surface area contributed by atoms with Crippen LogP contribution < -0.4 is 5.32 Å². The number of benzene rings is 2. The average Bonchev–Trinajstić information content (AvgIpc) is 2.65. The molecule has 0 fully saturated rings.